The highest BCUT2D eigenvalue weighted by atomic mass is 16.6. The minimum Gasteiger partial charge on any atom is -0.444 e. The number of carbonyl (C=O) groups is 3. The smallest absolute Gasteiger partial charge is 0.408 e. The van der Waals surface area contributed by atoms with Crippen molar-refractivity contribution in [2.45, 2.75) is 72.1 Å². The number of alkyl carbamates (subject to hydrolysis) is 1. The molecule has 0 fully saturated rings. The van der Waals surface area contributed by atoms with E-state index in [4.69, 9.17) is 11.2 Å². The molecule has 3 amide bonds. The summed E-state index contributed by atoms with van der Waals surface area (Å²) in [6, 6.07) is 5.19. The van der Waals surface area contributed by atoms with E-state index in [1.807, 2.05) is 26.8 Å². The molecule has 0 radical (unpaired) electrons. The van der Waals surface area contributed by atoms with Crippen LogP contribution in [0.2, 0.25) is 0 Å². The third kappa shape index (κ3) is 7.57. The Bertz CT molecular complexity index is 854. The summed E-state index contributed by atoms with van der Waals surface area (Å²) in [4.78, 5) is 39.4. The number of nitrogens with one attached hydrogen (secondary N) is 2. The van der Waals surface area contributed by atoms with Crippen molar-refractivity contribution in [2.75, 3.05) is 13.2 Å². The molecular weight excluding hydrogens is 410 g/mol. The molecule has 1 rings (SSSR count). The first-order valence-electron chi connectivity index (χ1n) is 10.7. The number of ether oxygens (including phenoxy) is 1. The monoisotopic (exact) mass is 445 g/mol. The predicted molar refractivity (Wildman–Crippen MR) is 122 cm³/mol. The molecule has 0 aliphatic heterocycles. The Balaban J connectivity index is 3.30. The molecule has 1 aromatic rings. The van der Waals surface area contributed by atoms with E-state index in [-0.39, 0.29) is 0 Å². The topological polar surface area (TPSA) is 108 Å². The van der Waals surface area contributed by atoms with E-state index in [0.29, 0.717) is 12.1 Å². The maximum Gasteiger partial charge on any atom is 0.408 e. The number of hydrogen-bond donors (Lipinski definition) is 3. The second-order valence-corrected chi connectivity index (χ2v) is 8.55. The van der Waals surface area contributed by atoms with E-state index in [9.17, 15) is 19.5 Å². The quantitative estimate of drug-likeness (QED) is 0.308. The second-order valence-electron chi connectivity index (χ2n) is 8.55. The zero-order valence-corrected chi connectivity index (χ0v) is 19.8. The lowest BCUT2D eigenvalue weighted by Gasteiger charge is -2.30. The average Bonchev–Trinajstić information content (AvgIpc) is 2.71. The summed E-state index contributed by atoms with van der Waals surface area (Å²) in [5.41, 5.74) is 1.53. The normalized spacial score (nSPS) is 12.8. The lowest BCUT2D eigenvalue weighted by atomic mass is 9.95. The third-order valence-corrected chi connectivity index (χ3v) is 4.83. The number of rotatable bonds is 9. The highest BCUT2D eigenvalue weighted by molar-refractivity contribution is 5.93. The van der Waals surface area contributed by atoms with Crippen LogP contribution in [0.5, 0.6) is 0 Å². The van der Waals surface area contributed by atoms with Gasteiger partial charge in [-0.05, 0) is 57.7 Å². The fourth-order valence-corrected chi connectivity index (χ4v) is 3.02. The van der Waals surface area contributed by atoms with Crippen LogP contribution >= 0.6 is 0 Å². The molecule has 0 aliphatic rings. The van der Waals surface area contributed by atoms with Crippen molar-refractivity contribution < 1.29 is 24.2 Å². The molecule has 0 saturated heterocycles. The van der Waals surface area contributed by atoms with E-state index < -0.39 is 42.2 Å². The van der Waals surface area contributed by atoms with Crippen molar-refractivity contribution in [3.63, 3.8) is 0 Å². The Kier molecular flexibility index (Phi) is 10.2. The molecule has 0 aromatic heterocycles. The molecule has 0 bridgehead atoms. The molecule has 0 aliphatic carbocycles. The average molecular weight is 446 g/mol. The van der Waals surface area contributed by atoms with Crippen LogP contribution in [-0.2, 0) is 14.3 Å². The largest absolute Gasteiger partial charge is 0.444 e. The number of aliphatic hydroxyl groups excluding tert-OH is 1. The Hall–Kier alpha value is -3.05. The number of hydrogen-bond acceptors (Lipinski definition) is 5. The van der Waals surface area contributed by atoms with Crippen LogP contribution in [0.15, 0.2) is 18.2 Å². The lowest BCUT2D eigenvalue weighted by molar-refractivity contribution is -0.139. The summed E-state index contributed by atoms with van der Waals surface area (Å²) in [5.74, 6) is -1.23. The Morgan fingerprint density at radius 3 is 2.44 bits per heavy atom. The summed E-state index contributed by atoms with van der Waals surface area (Å²) in [7, 11) is 0. The standard InChI is InChI=1S/C24H35N3O5/c1-8-10-14-25-21(29)20(18-13-11-12-16(3)17(18)4)27(9-2)22(30)19(15-28)26-23(31)32-24(5,6)7/h2,11-13,19-20,28H,8,10,14-15H2,1,3-7H3,(H,25,29)(H,26,31). The summed E-state index contributed by atoms with van der Waals surface area (Å²) in [6.45, 7) is 10.5. The first-order chi connectivity index (χ1) is 15.0. The van der Waals surface area contributed by atoms with Gasteiger partial charge in [-0.3, -0.25) is 14.5 Å². The Labute approximate surface area is 190 Å². The number of unbranched alkanes of at least 4 members (excludes halogenated alkanes) is 1. The van der Waals surface area contributed by atoms with Crippen molar-refractivity contribution in [1.82, 2.24) is 15.5 Å². The first-order valence-corrected chi connectivity index (χ1v) is 10.7. The molecule has 2 unspecified atom stereocenters. The molecular formula is C24H35N3O5. The van der Waals surface area contributed by atoms with Gasteiger partial charge in [0, 0.05) is 12.6 Å². The molecule has 3 N–H and O–H groups in total. The number of nitrogens with zero attached hydrogens (tertiary/aromatic N) is 1. The Morgan fingerprint density at radius 2 is 1.91 bits per heavy atom. The number of carbonyl (C=O) groups excluding carboxylic acids is 3. The van der Waals surface area contributed by atoms with Crippen LogP contribution in [0, 0.1) is 26.3 Å². The zero-order valence-electron chi connectivity index (χ0n) is 19.8. The van der Waals surface area contributed by atoms with Crippen LogP contribution in [0.4, 0.5) is 4.79 Å². The molecule has 1 aromatic carbocycles. The summed E-state index contributed by atoms with van der Waals surface area (Å²) in [5, 5.41) is 14.9. The van der Waals surface area contributed by atoms with Gasteiger partial charge in [0.2, 0.25) is 5.91 Å². The fraction of sp³-hybridized carbons (Fsp3) is 0.542. The van der Waals surface area contributed by atoms with Gasteiger partial charge in [0.15, 0.2) is 0 Å². The molecule has 0 saturated carbocycles. The summed E-state index contributed by atoms with van der Waals surface area (Å²) < 4.78 is 5.16. The maximum absolute atomic E-state index is 13.2. The number of aliphatic hydroxyl groups is 1. The predicted octanol–water partition coefficient (Wildman–Crippen LogP) is 2.57. The van der Waals surface area contributed by atoms with Gasteiger partial charge in [-0.15, -0.1) is 0 Å². The van der Waals surface area contributed by atoms with Crippen LogP contribution in [-0.4, -0.2) is 52.7 Å². The van der Waals surface area contributed by atoms with Crippen molar-refractivity contribution in [1.29, 1.82) is 0 Å². The molecule has 2 atom stereocenters. The third-order valence-electron chi connectivity index (χ3n) is 4.83. The number of benzene rings is 1. The molecule has 176 valence electrons. The summed E-state index contributed by atoms with van der Waals surface area (Å²) >= 11 is 0. The minimum absolute atomic E-state index is 0.433. The van der Waals surface area contributed by atoms with Gasteiger partial charge in [-0.2, -0.15) is 0 Å². The van der Waals surface area contributed by atoms with Crippen molar-refractivity contribution in [3.8, 4) is 12.5 Å². The number of amides is 3. The van der Waals surface area contributed by atoms with Crippen LogP contribution in [0.25, 0.3) is 0 Å². The Morgan fingerprint density at radius 1 is 1.25 bits per heavy atom. The van der Waals surface area contributed by atoms with Crippen molar-refractivity contribution in [3.05, 3.63) is 34.9 Å². The second kappa shape index (κ2) is 12.1. The molecule has 8 heteroatoms. The van der Waals surface area contributed by atoms with Crippen molar-refractivity contribution >= 4 is 17.9 Å². The highest BCUT2D eigenvalue weighted by Crippen LogP contribution is 2.26. The first kappa shape index (κ1) is 27.0. The summed E-state index contributed by atoms with van der Waals surface area (Å²) in [6.07, 6.45) is 6.45. The SMILES string of the molecule is C#CN(C(=O)C(CO)NC(=O)OC(C)(C)C)C(C(=O)NCCCC)c1cccc(C)c1C. The number of terminal acetylenes is 1. The van der Waals surface area contributed by atoms with E-state index in [1.165, 1.54) is 0 Å². The van der Waals surface area contributed by atoms with E-state index in [0.717, 1.165) is 28.9 Å². The van der Waals surface area contributed by atoms with Gasteiger partial charge in [0.25, 0.3) is 5.91 Å². The van der Waals surface area contributed by atoms with E-state index in [2.05, 4.69) is 16.7 Å². The molecule has 0 spiro atoms. The van der Waals surface area contributed by atoms with Gasteiger partial charge in [0.1, 0.15) is 17.7 Å². The molecule has 0 heterocycles. The van der Waals surface area contributed by atoms with Gasteiger partial charge >= 0.3 is 6.09 Å². The highest BCUT2D eigenvalue weighted by Gasteiger charge is 2.36. The van der Waals surface area contributed by atoms with E-state index >= 15 is 0 Å². The fourth-order valence-electron chi connectivity index (χ4n) is 3.02. The van der Waals surface area contributed by atoms with E-state index in [1.54, 1.807) is 32.9 Å². The van der Waals surface area contributed by atoms with Gasteiger partial charge in [0.05, 0.1) is 6.61 Å². The lowest BCUT2D eigenvalue weighted by Crippen LogP contribution is -2.53. The van der Waals surface area contributed by atoms with Crippen molar-refractivity contribution in [2.24, 2.45) is 0 Å². The van der Waals surface area contributed by atoms with Gasteiger partial charge < -0.3 is 20.5 Å². The number of aryl methyl sites for hydroxylation is 1. The van der Waals surface area contributed by atoms with Crippen LogP contribution in [0.1, 0.15) is 63.3 Å². The zero-order chi connectivity index (χ0) is 24.5. The van der Waals surface area contributed by atoms with Gasteiger partial charge in [-0.25, -0.2) is 4.79 Å². The molecule has 8 nitrogen and oxygen atoms in total. The van der Waals surface area contributed by atoms with Gasteiger partial charge in [-0.1, -0.05) is 38.0 Å². The molecule has 32 heavy (non-hydrogen) atoms. The van der Waals surface area contributed by atoms with Crippen LogP contribution < -0.4 is 10.6 Å². The van der Waals surface area contributed by atoms with Crippen LogP contribution in [0.3, 0.4) is 0 Å². The maximum atomic E-state index is 13.2. The minimum atomic E-state index is -1.38.